The Hall–Kier alpha value is -2.00. The lowest BCUT2D eigenvalue weighted by Gasteiger charge is -2.34. The zero-order chi connectivity index (χ0) is 14.7. The van der Waals surface area contributed by atoms with Crippen molar-refractivity contribution in [2.75, 3.05) is 13.2 Å². The van der Waals surface area contributed by atoms with Gasteiger partial charge in [0.2, 0.25) is 0 Å². The smallest absolute Gasteiger partial charge is 0.119 e. The fourth-order valence-corrected chi connectivity index (χ4v) is 3.28. The molecule has 2 aromatic rings. The Balaban J connectivity index is 2.20. The average Bonchev–Trinajstić information content (AvgIpc) is 2.75. The molecule has 1 heterocycles. The predicted octanol–water partition coefficient (Wildman–Crippen LogP) is 3.58. The molecule has 1 aliphatic heterocycles. The zero-order valence-corrected chi connectivity index (χ0v) is 12.0. The molecule has 0 spiro atoms. The summed E-state index contributed by atoms with van der Waals surface area (Å²) < 4.78 is 5.81. The molecule has 2 aromatic carbocycles. The predicted molar refractivity (Wildman–Crippen MR) is 81.7 cm³/mol. The molecule has 1 saturated heterocycles. The molecule has 3 nitrogen and oxygen atoms in total. The highest BCUT2D eigenvalue weighted by molar-refractivity contribution is 5.51. The van der Waals surface area contributed by atoms with E-state index in [9.17, 15) is 10.2 Å². The van der Waals surface area contributed by atoms with Crippen LogP contribution in [0.5, 0.6) is 11.5 Å². The van der Waals surface area contributed by atoms with E-state index < -0.39 is 5.41 Å². The van der Waals surface area contributed by atoms with Gasteiger partial charge in [-0.05, 0) is 31.4 Å². The highest BCUT2D eigenvalue weighted by Gasteiger charge is 2.39. The fraction of sp³-hybridized carbons (Fsp3) is 0.333. The third-order valence-electron chi connectivity index (χ3n) is 4.33. The van der Waals surface area contributed by atoms with Crippen molar-refractivity contribution in [2.24, 2.45) is 0 Å². The first kappa shape index (κ1) is 14.0. The van der Waals surface area contributed by atoms with E-state index in [2.05, 4.69) is 0 Å². The molecule has 0 bridgehead atoms. The molecule has 1 aliphatic rings. The summed E-state index contributed by atoms with van der Waals surface area (Å²) in [4.78, 5) is 0. The van der Waals surface area contributed by atoms with Crippen LogP contribution in [0.15, 0.2) is 48.5 Å². The van der Waals surface area contributed by atoms with Gasteiger partial charge in [-0.1, -0.05) is 36.4 Å². The second-order valence-electron chi connectivity index (χ2n) is 5.63. The SMILES string of the molecule is Oc1ccccc1C1(c2ccccc2O)CCCCOC1. The fourth-order valence-electron chi connectivity index (χ4n) is 3.28. The molecule has 0 aliphatic carbocycles. The van der Waals surface area contributed by atoms with E-state index in [-0.39, 0.29) is 11.5 Å². The molecule has 0 radical (unpaired) electrons. The van der Waals surface area contributed by atoms with E-state index in [0.717, 1.165) is 37.0 Å². The highest BCUT2D eigenvalue weighted by atomic mass is 16.5. The van der Waals surface area contributed by atoms with Gasteiger partial charge in [-0.15, -0.1) is 0 Å². The largest absolute Gasteiger partial charge is 0.508 e. The van der Waals surface area contributed by atoms with E-state index in [0.29, 0.717) is 6.61 Å². The molecule has 0 aromatic heterocycles. The van der Waals surface area contributed by atoms with Crippen molar-refractivity contribution >= 4 is 0 Å². The van der Waals surface area contributed by atoms with Crippen LogP contribution in [0.4, 0.5) is 0 Å². The van der Waals surface area contributed by atoms with Gasteiger partial charge in [0.15, 0.2) is 0 Å². The quantitative estimate of drug-likeness (QED) is 0.886. The number of rotatable bonds is 2. The van der Waals surface area contributed by atoms with Gasteiger partial charge < -0.3 is 14.9 Å². The lowest BCUT2D eigenvalue weighted by atomic mass is 9.71. The van der Waals surface area contributed by atoms with Crippen LogP contribution in [0.2, 0.25) is 0 Å². The number of hydrogen-bond acceptors (Lipinski definition) is 3. The van der Waals surface area contributed by atoms with E-state index in [1.54, 1.807) is 12.1 Å². The summed E-state index contributed by atoms with van der Waals surface area (Å²) in [5.74, 6) is 0.512. The van der Waals surface area contributed by atoms with E-state index in [4.69, 9.17) is 4.74 Å². The molecule has 1 fully saturated rings. The van der Waals surface area contributed by atoms with Crippen molar-refractivity contribution in [3.63, 3.8) is 0 Å². The van der Waals surface area contributed by atoms with Crippen LogP contribution >= 0.6 is 0 Å². The third kappa shape index (κ3) is 2.49. The van der Waals surface area contributed by atoms with Gasteiger partial charge in [-0.3, -0.25) is 0 Å². The van der Waals surface area contributed by atoms with Crippen LogP contribution in [0, 0.1) is 0 Å². The first-order chi connectivity index (χ1) is 10.2. The summed E-state index contributed by atoms with van der Waals surface area (Å²) in [5.41, 5.74) is 1.16. The van der Waals surface area contributed by atoms with Gasteiger partial charge in [-0.25, -0.2) is 0 Å². The number of phenolic OH excluding ortho intramolecular Hbond substituents is 2. The maximum absolute atomic E-state index is 10.3. The highest BCUT2D eigenvalue weighted by Crippen LogP contribution is 2.45. The average molecular weight is 284 g/mol. The molecular weight excluding hydrogens is 264 g/mol. The molecule has 0 unspecified atom stereocenters. The van der Waals surface area contributed by atoms with Crippen molar-refractivity contribution < 1.29 is 14.9 Å². The Kier molecular flexibility index (Phi) is 3.84. The monoisotopic (exact) mass is 284 g/mol. The standard InChI is InChI=1S/C18H20O3/c19-16-9-3-1-7-14(16)18(11-5-6-12-21-13-18)15-8-2-4-10-17(15)20/h1-4,7-10,19-20H,5-6,11-13H2. The molecule has 110 valence electrons. The molecule has 0 atom stereocenters. The Labute approximate surface area is 124 Å². The third-order valence-corrected chi connectivity index (χ3v) is 4.33. The molecule has 0 saturated carbocycles. The first-order valence-electron chi connectivity index (χ1n) is 7.39. The van der Waals surface area contributed by atoms with Crippen molar-refractivity contribution in [2.45, 2.75) is 24.7 Å². The summed E-state index contributed by atoms with van der Waals surface area (Å²) in [6.07, 6.45) is 2.85. The first-order valence-corrected chi connectivity index (χ1v) is 7.39. The van der Waals surface area contributed by atoms with Gasteiger partial charge in [0.1, 0.15) is 11.5 Å². The molecular formula is C18H20O3. The van der Waals surface area contributed by atoms with Crippen molar-refractivity contribution in [1.29, 1.82) is 0 Å². The maximum Gasteiger partial charge on any atom is 0.119 e. The Morgan fingerprint density at radius 2 is 1.38 bits per heavy atom. The van der Waals surface area contributed by atoms with Crippen LogP contribution < -0.4 is 0 Å². The second-order valence-corrected chi connectivity index (χ2v) is 5.63. The minimum Gasteiger partial charge on any atom is -0.508 e. The molecule has 21 heavy (non-hydrogen) atoms. The molecule has 2 N–H and O–H groups in total. The van der Waals surface area contributed by atoms with E-state index in [1.807, 2.05) is 36.4 Å². The lowest BCUT2D eigenvalue weighted by molar-refractivity contribution is 0.110. The van der Waals surface area contributed by atoms with Crippen LogP contribution in [0.25, 0.3) is 0 Å². The van der Waals surface area contributed by atoms with Crippen LogP contribution in [0.1, 0.15) is 30.4 Å². The van der Waals surface area contributed by atoms with Crippen molar-refractivity contribution in [1.82, 2.24) is 0 Å². The van der Waals surface area contributed by atoms with Gasteiger partial charge in [0.05, 0.1) is 12.0 Å². The number of benzene rings is 2. The summed E-state index contributed by atoms with van der Waals surface area (Å²) >= 11 is 0. The molecule has 3 heteroatoms. The van der Waals surface area contributed by atoms with Crippen LogP contribution in [-0.4, -0.2) is 23.4 Å². The summed E-state index contributed by atoms with van der Waals surface area (Å²) in [7, 11) is 0. The zero-order valence-electron chi connectivity index (χ0n) is 12.0. The summed E-state index contributed by atoms with van der Waals surface area (Å²) in [6, 6.07) is 14.7. The lowest BCUT2D eigenvalue weighted by Crippen LogP contribution is -2.32. The van der Waals surface area contributed by atoms with Gasteiger partial charge >= 0.3 is 0 Å². The van der Waals surface area contributed by atoms with Crippen molar-refractivity contribution in [3.8, 4) is 11.5 Å². The summed E-state index contributed by atoms with van der Waals surface area (Å²) in [6.45, 7) is 1.20. The molecule has 0 amide bonds. The van der Waals surface area contributed by atoms with Gasteiger partial charge in [-0.2, -0.15) is 0 Å². The van der Waals surface area contributed by atoms with E-state index in [1.165, 1.54) is 0 Å². The number of phenols is 2. The normalized spacial score (nSPS) is 18.1. The topological polar surface area (TPSA) is 49.7 Å². The number of ether oxygens (including phenoxy) is 1. The van der Waals surface area contributed by atoms with Crippen LogP contribution in [0.3, 0.4) is 0 Å². The Morgan fingerprint density at radius 3 is 1.95 bits per heavy atom. The van der Waals surface area contributed by atoms with Crippen molar-refractivity contribution in [3.05, 3.63) is 59.7 Å². The Bertz CT molecular complexity index is 566. The number of hydrogen-bond donors (Lipinski definition) is 2. The number of aromatic hydroxyl groups is 2. The van der Waals surface area contributed by atoms with Crippen LogP contribution in [-0.2, 0) is 10.2 Å². The Morgan fingerprint density at radius 1 is 0.810 bits per heavy atom. The molecule has 3 rings (SSSR count). The van der Waals surface area contributed by atoms with E-state index >= 15 is 0 Å². The number of para-hydroxylation sites is 2. The second kappa shape index (κ2) is 5.78. The van der Waals surface area contributed by atoms with Gasteiger partial charge in [0, 0.05) is 17.7 Å². The van der Waals surface area contributed by atoms with Gasteiger partial charge in [0.25, 0.3) is 0 Å². The maximum atomic E-state index is 10.3. The minimum absolute atomic E-state index is 0.256. The summed E-state index contributed by atoms with van der Waals surface area (Å²) in [5, 5.41) is 20.7. The minimum atomic E-state index is -0.493.